The maximum atomic E-state index is 11.6. The summed E-state index contributed by atoms with van der Waals surface area (Å²) < 4.78 is 0. The molecule has 0 bridgehead atoms. The zero-order valence-electron chi connectivity index (χ0n) is 11.2. The van der Waals surface area contributed by atoms with Gasteiger partial charge in [-0.25, -0.2) is 0 Å². The Morgan fingerprint density at radius 1 is 1.30 bits per heavy atom. The number of aromatic nitrogens is 1. The van der Waals surface area contributed by atoms with Gasteiger partial charge in [0.2, 0.25) is 5.91 Å². The van der Waals surface area contributed by atoms with Crippen LogP contribution in [0.4, 0.5) is 0 Å². The molecule has 0 fully saturated rings. The van der Waals surface area contributed by atoms with Crippen molar-refractivity contribution in [1.82, 2.24) is 15.6 Å². The topological polar surface area (TPSA) is 97.1 Å². The first-order valence-corrected chi connectivity index (χ1v) is 5.81. The first kappa shape index (κ1) is 20.9. The van der Waals surface area contributed by atoms with Crippen molar-refractivity contribution in [3.63, 3.8) is 0 Å². The lowest BCUT2D eigenvalue weighted by atomic mass is 10.2. The Morgan fingerprint density at radius 2 is 2.00 bits per heavy atom. The smallest absolute Gasteiger partial charge is 0.270 e. The number of pyridine rings is 1. The van der Waals surface area contributed by atoms with Crippen LogP contribution in [0.1, 0.15) is 23.8 Å². The molecular weight excluding hydrogens is 303 g/mol. The van der Waals surface area contributed by atoms with E-state index in [-0.39, 0.29) is 49.2 Å². The fourth-order valence-corrected chi connectivity index (χ4v) is 1.25. The van der Waals surface area contributed by atoms with Crippen molar-refractivity contribution in [3.05, 3.63) is 30.1 Å². The van der Waals surface area contributed by atoms with E-state index in [2.05, 4.69) is 15.6 Å². The summed E-state index contributed by atoms with van der Waals surface area (Å²) in [7, 11) is 0. The lowest BCUT2D eigenvalue weighted by molar-refractivity contribution is -0.120. The molecule has 0 aromatic carbocycles. The van der Waals surface area contributed by atoms with Gasteiger partial charge < -0.3 is 16.4 Å². The van der Waals surface area contributed by atoms with Crippen molar-refractivity contribution in [3.8, 4) is 0 Å². The molecule has 0 radical (unpaired) electrons. The molecule has 0 saturated carbocycles. The molecule has 2 amide bonds. The van der Waals surface area contributed by atoms with Crippen LogP contribution in [0.5, 0.6) is 0 Å². The van der Waals surface area contributed by atoms with Crippen LogP contribution in [-0.2, 0) is 4.79 Å². The van der Waals surface area contributed by atoms with Gasteiger partial charge in [-0.15, -0.1) is 24.8 Å². The number of hydrogen-bond donors (Lipinski definition) is 3. The molecule has 1 atom stereocenters. The van der Waals surface area contributed by atoms with Crippen LogP contribution < -0.4 is 16.4 Å². The standard InChI is InChI=1S/C12H18N4O2.2ClH/c1-9(13)5-7-15-11(17)8-16-12(18)10-4-2-3-6-14-10;;/h2-4,6,9H,5,7-8,13H2,1H3,(H,15,17)(H,16,18);2*1H. The number of halogens is 2. The van der Waals surface area contributed by atoms with Gasteiger partial charge in [0, 0.05) is 18.8 Å². The van der Waals surface area contributed by atoms with Crippen molar-refractivity contribution in [1.29, 1.82) is 0 Å². The van der Waals surface area contributed by atoms with E-state index in [9.17, 15) is 9.59 Å². The molecular formula is C12H20Cl2N4O2. The van der Waals surface area contributed by atoms with Gasteiger partial charge in [0.05, 0.1) is 6.54 Å². The summed E-state index contributed by atoms with van der Waals surface area (Å²) in [5.41, 5.74) is 5.84. The van der Waals surface area contributed by atoms with Gasteiger partial charge in [0.1, 0.15) is 5.69 Å². The molecule has 1 rings (SSSR count). The maximum absolute atomic E-state index is 11.6. The molecule has 4 N–H and O–H groups in total. The number of hydrogen-bond acceptors (Lipinski definition) is 4. The van der Waals surface area contributed by atoms with E-state index in [1.807, 2.05) is 6.92 Å². The minimum atomic E-state index is -0.363. The molecule has 0 spiro atoms. The number of amides is 2. The normalized spacial score (nSPS) is 10.5. The number of nitrogens with two attached hydrogens (primary N) is 1. The quantitative estimate of drug-likeness (QED) is 0.710. The molecule has 1 heterocycles. The predicted octanol–water partition coefficient (Wildman–Crippen LogP) is 0.508. The number of rotatable bonds is 6. The highest BCUT2D eigenvalue weighted by Gasteiger charge is 2.08. The van der Waals surface area contributed by atoms with E-state index >= 15 is 0 Å². The van der Waals surface area contributed by atoms with E-state index in [0.29, 0.717) is 18.7 Å². The van der Waals surface area contributed by atoms with Crippen LogP contribution in [0.25, 0.3) is 0 Å². The van der Waals surface area contributed by atoms with E-state index in [4.69, 9.17) is 5.73 Å². The average molecular weight is 323 g/mol. The zero-order chi connectivity index (χ0) is 13.4. The van der Waals surface area contributed by atoms with E-state index in [0.717, 1.165) is 0 Å². The maximum Gasteiger partial charge on any atom is 0.270 e. The van der Waals surface area contributed by atoms with Gasteiger partial charge in [-0.05, 0) is 25.5 Å². The highest BCUT2D eigenvalue weighted by Crippen LogP contribution is 1.92. The Labute approximate surface area is 130 Å². The molecule has 6 nitrogen and oxygen atoms in total. The molecule has 0 aliphatic carbocycles. The number of nitrogens with zero attached hydrogens (tertiary/aromatic N) is 1. The van der Waals surface area contributed by atoms with Crippen molar-refractivity contribution in [2.75, 3.05) is 13.1 Å². The highest BCUT2D eigenvalue weighted by molar-refractivity contribution is 5.94. The van der Waals surface area contributed by atoms with Crippen LogP contribution >= 0.6 is 24.8 Å². The first-order valence-electron chi connectivity index (χ1n) is 5.81. The van der Waals surface area contributed by atoms with Crippen LogP contribution in [0.3, 0.4) is 0 Å². The second-order valence-electron chi connectivity index (χ2n) is 4.01. The zero-order valence-corrected chi connectivity index (χ0v) is 12.8. The van der Waals surface area contributed by atoms with Crippen molar-refractivity contribution >= 4 is 36.6 Å². The second kappa shape index (κ2) is 11.5. The second-order valence-corrected chi connectivity index (χ2v) is 4.01. The van der Waals surface area contributed by atoms with Crippen molar-refractivity contribution in [2.24, 2.45) is 5.73 Å². The SMILES string of the molecule is CC(N)CCNC(=O)CNC(=O)c1ccccn1.Cl.Cl. The van der Waals surface area contributed by atoms with Crippen LogP contribution in [0.15, 0.2) is 24.4 Å². The monoisotopic (exact) mass is 322 g/mol. The molecule has 0 aliphatic heterocycles. The summed E-state index contributed by atoms with van der Waals surface area (Å²) in [5, 5.41) is 5.16. The molecule has 1 aromatic heterocycles. The van der Waals surface area contributed by atoms with Gasteiger partial charge in [-0.3, -0.25) is 14.6 Å². The summed E-state index contributed by atoms with van der Waals surface area (Å²) in [5.74, 6) is -0.599. The Kier molecular flexibility index (Phi) is 12.0. The van der Waals surface area contributed by atoms with E-state index in [1.165, 1.54) is 6.20 Å². The van der Waals surface area contributed by atoms with Crippen molar-refractivity contribution in [2.45, 2.75) is 19.4 Å². The number of carbonyl (C=O) groups excluding carboxylic acids is 2. The summed E-state index contributed by atoms with van der Waals surface area (Å²) in [4.78, 5) is 26.8. The third-order valence-electron chi connectivity index (χ3n) is 2.23. The Morgan fingerprint density at radius 3 is 2.55 bits per heavy atom. The Hall–Kier alpha value is -1.37. The predicted molar refractivity (Wildman–Crippen MR) is 82.3 cm³/mol. The molecule has 0 aliphatic rings. The highest BCUT2D eigenvalue weighted by atomic mass is 35.5. The third-order valence-corrected chi connectivity index (χ3v) is 2.23. The van der Waals surface area contributed by atoms with E-state index < -0.39 is 0 Å². The Balaban J connectivity index is 0. The van der Waals surface area contributed by atoms with Gasteiger partial charge in [0.15, 0.2) is 0 Å². The van der Waals surface area contributed by atoms with Crippen LogP contribution in [0.2, 0.25) is 0 Å². The van der Waals surface area contributed by atoms with Crippen molar-refractivity contribution < 1.29 is 9.59 Å². The minimum Gasteiger partial charge on any atom is -0.355 e. The first-order chi connectivity index (χ1) is 8.59. The third kappa shape index (κ3) is 8.68. The Bertz CT molecular complexity index is 402. The van der Waals surface area contributed by atoms with Gasteiger partial charge in [-0.1, -0.05) is 6.07 Å². The average Bonchev–Trinajstić information content (AvgIpc) is 2.36. The molecule has 1 unspecified atom stereocenters. The molecule has 20 heavy (non-hydrogen) atoms. The molecule has 8 heteroatoms. The lowest BCUT2D eigenvalue weighted by Crippen LogP contribution is -2.38. The summed E-state index contributed by atoms with van der Waals surface area (Å²) in [6.45, 7) is 2.32. The summed E-state index contributed by atoms with van der Waals surface area (Å²) >= 11 is 0. The lowest BCUT2D eigenvalue weighted by Gasteiger charge is -2.08. The molecule has 114 valence electrons. The van der Waals surface area contributed by atoms with Gasteiger partial charge >= 0.3 is 0 Å². The summed E-state index contributed by atoms with van der Waals surface area (Å²) in [6.07, 6.45) is 2.23. The van der Waals surface area contributed by atoms with E-state index in [1.54, 1.807) is 18.2 Å². The largest absolute Gasteiger partial charge is 0.355 e. The van der Waals surface area contributed by atoms with Gasteiger partial charge in [0.25, 0.3) is 5.91 Å². The molecule has 1 aromatic rings. The number of carbonyl (C=O) groups is 2. The van der Waals surface area contributed by atoms with Crippen LogP contribution in [0, 0.1) is 0 Å². The van der Waals surface area contributed by atoms with Gasteiger partial charge in [-0.2, -0.15) is 0 Å². The van der Waals surface area contributed by atoms with Crippen LogP contribution in [-0.4, -0.2) is 35.9 Å². The minimum absolute atomic E-state index is 0. The summed E-state index contributed by atoms with van der Waals surface area (Å²) in [6, 6.07) is 5.07. The number of nitrogens with one attached hydrogen (secondary N) is 2. The fourth-order valence-electron chi connectivity index (χ4n) is 1.25. The molecule has 0 saturated heterocycles. The fraction of sp³-hybridized carbons (Fsp3) is 0.417.